The van der Waals surface area contributed by atoms with E-state index in [9.17, 15) is 24.1 Å². The van der Waals surface area contributed by atoms with Gasteiger partial charge in [-0.2, -0.15) is 0 Å². The van der Waals surface area contributed by atoms with Gasteiger partial charge in [0.05, 0.1) is 23.6 Å². The first-order valence-corrected chi connectivity index (χ1v) is 10.6. The average Bonchev–Trinajstić information content (AvgIpc) is 2.76. The van der Waals surface area contributed by atoms with Gasteiger partial charge in [0.25, 0.3) is 5.69 Å². The van der Waals surface area contributed by atoms with Crippen LogP contribution >= 0.6 is 0 Å². The van der Waals surface area contributed by atoms with Crippen molar-refractivity contribution in [1.29, 1.82) is 0 Å². The number of non-ortho nitro benzene ring substituents is 1. The Morgan fingerprint density at radius 2 is 1.97 bits per heavy atom. The molecule has 2 aromatic rings. The molecule has 0 aliphatic carbocycles. The van der Waals surface area contributed by atoms with E-state index < -0.39 is 22.6 Å². The van der Waals surface area contributed by atoms with Crippen LogP contribution in [0.15, 0.2) is 59.8 Å². The van der Waals surface area contributed by atoms with Crippen LogP contribution in [-0.2, 0) is 20.9 Å². The second kappa shape index (κ2) is 10.2. The van der Waals surface area contributed by atoms with Crippen LogP contribution < -0.4 is 0 Å². The maximum Gasteiger partial charge on any atom is 0.336 e. The van der Waals surface area contributed by atoms with Crippen molar-refractivity contribution in [3.05, 3.63) is 86.9 Å². The van der Waals surface area contributed by atoms with Gasteiger partial charge in [0, 0.05) is 30.2 Å². The lowest BCUT2D eigenvalue weighted by Gasteiger charge is -2.36. The summed E-state index contributed by atoms with van der Waals surface area (Å²) in [5, 5.41) is 11.1. The molecule has 8 heteroatoms. The van der Waals surface area contributed by atoms with E-state index in [1.807, 2.05) is 6.92 Å². The first-order chi connectivity index (χ1) is 15.4. The van der Waals surface area contributed by atoms with Crippen LogP contribution in [0.4, 0.5) is 10.1 Å². The third-order valence-electron chi connectivity index (χ3n) is 5.39. The van der Waals surface area contributed by atoms with E-state index in [1.54, 1.807) is 37.3 Å². The van der Waals surface area contributed by atoms with Crippen LogP contribution in [0.5, 0.6) is 0 Å². The van der Waals surface area contributed by atoms with E-state index in [-0.39, 0.29) is 42.3 Å². The molecule has 1 amide bonds. The smallest absolute Gasteiger partial charge is 0.336 e. The van der Waals surface area contributed by atoms with Gasteiger partial charge in [-0.1, -0.05) is 43.7 Å². The molecule has 0 bridgehead atoms. The summed E-state index contributed by atoms with van der Waals surface area (Å²) in [6.07, 6.45) is 0.942. The minimum atomic E-state index is -0.759. The van der Waals surface area contributed by atoms with E-state index >= 15 is 0 Å². The summed E-state index contributed by atoms with van der Waals surface area (Å²) in [6.45, 7) is 3.82. The second-order valence-electron chi connectivity index (χ2n) is 7.52. The van der Waals surface area contributed by atoms with Crippen molar-refractivity contribution in [1.82, 2.24) is 4.90 Å². The third kappa shape index (κ3) is 4.85. The number of ether oxygens (including phenoxy) is 1. The molecular formula is C24H25FN2O5. The largest absolute Gasteiger partial charge is 0.463 e. The standard InChI is InChI=1S/C24H25FN2O5/c1-3-8-21-23(24(29)32-4-2)19(18-11-5-6-12-20(18)25)14-22(28)26(21)15-16-9-7-10-17(13-16)27(30)31/h5-7,9-13,19H,3-4,8,14-15H2,1-2H3. The average molecular weight is 440 g/mol. The molecule has 168 valence electrons. The summed E-state index contributed by atoms with van der Waals surface area (Å²) in [5.74, 6) is -2.11. The molecule has 3 rings (SSSR count). The predicted octanol–water partition coefficient (Wildman–Crippen LogP) is 4.87. The molecule has 0 spiro atoms. The van der Waals surface area contributed by atoms with Crippen molar-refractivity contribution in [3.8, 4) is 0 Å². The number of halogens is 1. The summed E-state index contributed by atoms with van der Waals surface area (Å²) in [7, 11) is 0. The SMILES string of the molecule is CCCC1=C(C(=O)OCC)C(c2ccccc2F)CC(=O)N1Cc1cccc([N+](=O)[O-])c1. The van der Waals surface area contributed by atoms with Gasteiger partial charge in [-0.25, -0.2) is 9.18 Å². The van der Waals surface area contributed by atoms with E-state index in [0.29, 0.717) is 24.1 Å². The fraction of sp³-hybridized carbons (Fsp3) is 0.333. The molecule has 0 fully saturated rings. The van der Waals surface area contributed by atoms with Crippen LogP contribution in [0.1, 0.15) is 50.2 Å². The molecule has 0 aromatic heterocycles. The van der Waals surface area contributed by atoms with Crippen LogP contribution in [0, 0.1) is 15.9 Å². The van der Waals surface area contributed by atoms with E-state index in [0.717, 1.165) is 0 Å². The minimum Gasteiger partial charge on any atom is -0.463 e. The number of rotatable bonds is 8. The zero-order chi connectivity index (χ0) is 23.3. The maximum atomic E-state index is 14.6. The number of amides is 1. The maximum absolute atomic E-state index is 14.6. The van der Waals surface area contributed by atoms with E-state index in [4.69, 9.17) is 4.74 Å². The van der Waals surface area contributed by atoms with Crippen molar-refractivity contribution in [2.75, 3.05) is 6.61 Å². The Kier molecular flexibility index (Phi) is 7.35. The Labute approximate surface area is 185 Å². The lowest BCUT2D eigenvalue weighted by Crippen LogP contribution is -2.39. The summed E-state index contributed by atoms with van der Waals surface area (Å²) < 4.78 is 19.9. The summed E-state index contributed by atoms with van der Waals surface area (Å²) in [4.78, 5) is 38.3. The monoisotopic (exact) mass is 440 g/mol. The molecular weight excluding hydrogens is 415 g/mol. The van der Waals surface area contributed by atoms with Gasteiger partial charge in [0.1, 0.15) is 5.82 Å². The fourth-order valence-electron chi connectivity index (χ4n) is 4.02. The van der Waals surface area contributed by atoms with Crippen LogP contribution in [0.2, 0.25) is 0 Å². The highest BCUT2D eigenvalue weighted by Crippen LogP contribution is 2.40. The Balaban J connectivity index is 2.12. The first-order valence-electron chi connectivity index (χ1n) is 10.6. The summed E-state index contributed by atoms with van der Waals surface area (Å²) in [6, 6.07) is 12.1. The molecule has 1 aliphatic rings. The van der Waals surface area contributed by atoms with Gasteiger partial charge in [-0.3, -0.25) is 14.9 Å². The number of nitro groups is 1. The second-order valence-corrected chi connectivity index (χ2v) is 7.52. The predicted molar refractivity (Wildman–Crippen MR) is 116 cm³/mol. The molecule has 1 aliphatic heterocycles. The molecule has 0 saturated heterocycles. The number of hydrogen-bond donors (Lipinski definition) is 0. The lowest BCUT2D eigenvalue weighted by atomic mass is 9.82. The molecule has 1 heterocycles. The van der Waals surface area contributed by atoms with Crippen molar-refractivity contribution in [2.24, 2.45) is 0 Å². The Hall–Kier alpha value is -3.55. The van der Waals surface area contributed by atoms with Crippen LogP contribution in [0.25, 0.3) is 0 Å². The molecule has 0 saturated carbocycles. The fourth-order valence-corrected chi connectivity index (χ4v) is 4.02. The van der Waals surface area contributed by atoms with Crippen molar-refractivity contribution < 1.29 is 23.6 Å². The Morgan fingerprint density at radius 1 is 1.22 bits per heavy atom. The molecule has 0 N–H and O–H groups in total. The molecule has 2 aromatic carbocycles. The van der Waals surface area contributed by atoms with Gasteiger partial charge in [-0.05, 0) is 30.5 Å². The highest BCUT2D eigenvalue weighted by Gasteiger charge is 2.39. The lowest BCUT2D eigenvalue weighted by molar-refractivity contribution is -0.384. The Bertz CT molecular complexity index is 1070. The molecule has 7 nitrogen and oxygen atoms in total. The number of esters is 1. The van der Waals surface area contributed by atoms with Gasteiger partial charge in [0.15, 0.2) is 0 Å². The number of carbonyl (C=O) groups is 2. The van der Waals surface area contributed by atoms with E-state index in [2.05, 4.69) is 0 Å². The topological polar surface area (TPSA) is 89.8 Å². The number of allylic oxidation sites excluding steroid dienone is 1. The number of benzene rings is 2. The first kappa shape index (κ1) is 23.1. The zero-order valence-corrected chi connectivity index (χ0v) is 18.0. The summed E-state index contributed by atoms with van der Waals surface area (Å²) >= 11 is 0. The van der Waals surface area contributed by atoms with Gasteiger partial charge >= 0.3 is 5.97 Å². The quantitative estimate of drug-likeness (QED) is 0.332. The zero-order valence-electron chi connectivity index (χ0n) is 18.0. The third-order valence-corrected chi connectivity index (χ3v) is 5.39. The van der Waals surface area contributed by atoms with Crippen LogP contribution in [0.3, 0.4) is 0 Å². The number of nitrogens with zero attached hydrogens (tertiary/aromatic N) is 2. The minimum absolute atomic E-state index is 0.0722. The summed E-state index contributed by atoms with van der Waals surface area (Å²) in [5.41, 5.74) is 1.50. The Morgan fingerprint density at radius 3 is 2.62 bits per heavy atom. The highest BCUT2D eigenvalue weighted by molar-refractivity contribution is 5.96. The van der Waals surface area contributed by atoms with E-state index in [1.165, 1.54) is 23.1 Å². The normalized spacial score (nSPS) is 16.3. The van der Waals surface area contributed by atoms with Crippen LogP contribution in [-0.4, -0.2) is 28.3 Å². The van der Waals surface area contributed by atoms with Crippen molar-refractivity contribution >= 4 is 17.6 Å². The van der Waals surface area contributed by atoms with Crippen molar-refractivity contribution in [3.63, 3.8) is 0 Å². The number of carbonyl (C=O) groups excluding carboxylic acids is 2. The van der Waals surface area contributed by atoms with Gasteiger partial charge in [0.2, 0.25) is 5.91 Å². The van der Waals surface area contributed by atoms with Gasteiger partial charge < -0.3 is 9.64 Å². The molecule has 32 heavy (non-hydrogen) atoms. The molecule has 1 unspecified atom stereocenters. The van der Waals surface area contributed by atoms with Crippen molar-refractivity contribution in [2.45, 2.75) is 45.6 Å². The number of nitro benzene ring substituents is 1. The van der Waals surface area contributed by atoms with Gasteiger partial charge in [-0.15, -0.1) is 0 Å². The highest BCUT2D eigenvalue weighted by atomic mass is 19.1. The molecule has 1 atom stereocenters. The molecule has 0 radical (unpaired) electrons. The number of hydrogen-bond acceptors (Lipinski definition) is 5.